The number of carboxylic acid groups (broad SMARTS) is 1. The van der Waals surface area contributed by atoms with Crippen molar-refractivity contribution >= 4 is 34.3 Å². The summed E-state index contributed by atoms with van der Waals surface area (Å²) in [7, 11) is 0. The standard InChI is InChI=1S/C23H23ClFNO3/c1-4-5-19-21(22(27)13(2)3)17-9-7-14(23(28)29)10-20(17)26(19)12-15-6-8-16(25)11-18(15)24/h6-11,13H,4-5,12H2,1-3H3,(H,28,29). The summed E-state index contributed by atoms with van der Waals surface area (Å²) < 4.78 is 15.4. The lowest BCUT2D eigenvalue weighted by Crippen LogP contribution is -2.12. The summed E-state index contributed by atoms with van der Waals surface area (Å²) in [6.07, 6.45) is 1.47. The third kappa shape index (κ3) is 4.06. The second kappa shape index (κ2) is 8.37. The van der Waals surface area contributed by atoms with Crippen LogP contribution in [0.2, 0.25) is 5.02 Å². The van der Waals surface area contributed by atoms with Gasteiger partial charge < -0.3 is 9.67 Å². The highest BCUT2D eigenvalue weighted by Gasteiger charge is 2.25. The first kappa shape index (κ1) is 21.1. The van der Waals surface area contributed by atoms with Gasteiger partial charge in [-0.05, 0) is 36.2 Å². The van der Waals surface area contributed by atoms with Crippen molar-refractivity contribution in [3.63, 3.8) is 0 Å². The number of carbonyl (C=O) groups is 2. The summed E-state index contributed by atoms with van der Waals surface area (Å²) >= 11 is 6.25. The molecule has 0 bridgehead atoms. The normalized spacial score (nSPS) is 11.4. The van der Waals surface area contributed by atoms with E-state index in [1.54, 1.807) is 18.2 Å². The number of halogens is 2. The van der Waals surface area contributed by atoms with Gasteiger partial charge in [0.1, 0.15) is 5.82 Å². The maximum absolute atomic E-state index is 13.5. The molecule has 0 amide bonds. The van der Waals surface area contributed by atoms with Gasteiger partial charge in [0.2, 0.25) is 0 Å². The lowest BCUT2D eigenvalue weighted by Gasteiger charge is -2.14. The van der Waals surface area contributed by atoms with Crippen LogP contribution < -0.4 is 0 Å². The monoisotopic (exact) mass is 415 g/mol. The molecule has 0 radical (unpaired) electrons. The van der Waals surface area contributed by atoms with Gasteiger partial charge in [-0.1, -0.05) is 50.9 Å². The van der Waals surface area contributed by atoms with Crippen molar-refractivity contribution in [3.8, 4) is 0 Å². The van der Waals surface area contributed by atoms with Crippen molar-refractivity contribution in [2.24, 2.45) is 5.92 Å². The average molecular weight is 416 g/mol. The van der Waals surface area contributed by atoms with Gasteiger partial charge in [-0.2, -0.15) is 0 Å². The Bertz CT molecular complexity index is 1100. The van der Waals surface area contributed by atoms with Crippen LogP contribution in [0.1, 0.15) is 59.2 Å². The average Bonchev–Trinajstić information content (AvgIpc) is 2.96. The Balaban J connectivity index is 2.32. The summed E-state index contributed by atoms with van der Waals surface area (Å²) in [5.41, 5.74) is 2.99. The van der Waals surface area contributed by atoms with Gasteiger partial charge in [0.15, 0.2) is 5.78 Å². The zero-order valence-corrected chi connectivity index (χ0v) is 17.4. The molecule has 1 heterocycles. The second-order valence-corrected chi connectivity index (χ2v) is 7.86. The molecular formula is C23H23ClFNO3. The maximum Gasteiger partial charge on any atom is 0.335 e. The molecule has 0 fully saturated rings. The first-order valence-electron chi connectivity index (χ1n) is 9.61. The number of aromatic nitrogens is 1. The number of hydrogen-bond acceptors (Lipinski definition) is 2. The minimum absolute atomic E-state index is 0.0190. The van der Waals surface area contributed by atoms with Crippen LogP contribution in [0.25, 0.3) is 10.9 Å². The van der Waals surface area contributed by atoms with E-state index < -0.39 is 11.8 Å². The maximum atomic E-state index is 13.5. The van der Waals surface area contributed by atoms with Crippen LogP contribution in [0.3, 0.4) is 0 Å². The van der Waals surface area contributed by atoms with E-state index in [0.717, 1.165) is 17.5 Å². The van der Waals surface area contributed by atoms with Gasteiger partial charge in [-0.25, -0.2) is 9.18 Å². The number of hydrogen-bond donors (Lipinski definition) is 1. The first-order chi connectivity index (χ1) is 13.7. The number of benzene rings is 2. The molecule has 2 aromatic carbocycles. The van der Waals surface area contributed by atoms with Crippen molar-refractivity contribution in [2.75, 3.05) is 0 Å². The van der Waals surface area contributed by atoms with Gasteiger partial charge in [-0.3, -0.25) is 4.79 Å². The summed E-state index contributed by atoms with van der Waals surface area (Å²) in [4.78, 5) is 24.6. The van der Waals surface area contributed by atoms with Crippen molar-refractivity contribution < 1.29 is 19.1 Å². The molecule has 0 spiro atoms. The van der Waals surface area contributed by atoms with Gasteiger partial charge in [0, 0.05) is 34.1 Å². The van der Waals surface area contributed by atoms with Crippen LogP contribution in [0.5, 0.6) is 0 Å². The highest BCUT2D eigenvalue weighted by Crippen LogP contribution is 2.32. The largest absolute Gasteiger partial charge is 0.478 e. The minimum atomic E-state index is -1.03. The Kier molecular flexibility index (Phi) is 6.08. The molecule has 0 saturated heterocycles. The van der Waals surface area contributed by atoms with Crippen LogP contribution in [-0.2, 0) is 13.0 Å². The van der Waals surface area contributed by atoms with Gasteiger partial charge in [0.25, 0.3) is 0 Å². The molecule has 0 unspecified atom stereocenters. The molecule has 1 N–H and O–H groups in total. The molecule has 0 saturated carbocycles. The van der Waals surface area contributed by atoms with E-state index in [0.29, 0.717) is 34.6 Å². The molecule has 1 aromatic heterocycles. The number of nitrogens with zero attached hydrogens (tertiary/aromatic N) is 1. The topological polar surface area (TPSA) is 59.3 Å². The number of rotatable bonds is 7. The van der Waals surface area contributed by atoms with Crippen LogP contribution in [-0.4, -0.2) is 21.4 Å². The van der Waals surface area contributed by atoms with Crippen molar-refractivity contribution in [1.82, 2.24) is 4.57 Å². The molecular weight excluding hydrogens is 393 g/mol. The van der Waals surface area contributed by atoms with Crippen LogP contribution >= 0.6 is 11.6 Å². The number of aromatic carboxylic acids is 1. The fourth-order valence-corrected chi connectivity index (χ4v) is 3.82. The smallest absolute Gasteiger partial charge is 0.335 e. The molecule has 0 atom stereocenters. The summed E-state index contributed by atoms with van der Waals surface area (Å²) in [5.74, 6) is -1.63. The van der Waals surface area contributed by atoms with E-state index in [4.69, 9.17) is 11.6 Å². The van der Waals surface area contributed by atoms with Gasteiger partial charge in [-0.15, -0.1) is 0 Å². The lowest BCUT2D eigenvalue weighted by atomic mass is 9.96. The molecule has 4 nitrogen and oxygen atoms in total. The van der Waals surface area contributed by atoms with Crippen molar-refractivity contribution in [1.29, 1.82) is 0 Å². The Morgan fingerprint density at radius 1 is 1.17 bits per heavy atom. The van der Waals surface area contributed by atoms with Crippen LogP contribution in [0.15, 0.2) is 36.4 Å². The Labute approximate surface area is 173 Å². The molecule has 29 heavy (non-hydrogen) atoms. The predicted molar refractivity (Wildman–Crippen MR) is 113 cm³/mol. The van der Waals surface area contributed by atoms with Crippen molar-refractivity contribution in [3.05, 3.63) is 69.6 Å². The third-order valence-corrected chi connectivity index (χ3v) is 5.37. The van der Waals surface area contributed by atoms with Gasteiger partial charge in [0.05, 0.1) is 11.1 Å². The number of fused-ring (bicyclic) bond motifs is 1. The number of carboxylic acids is 1. The summed E-state index contributed by atoms with van der Waals surface area (Å²) in [6.45, 7) is 6.05. The lowest BCUT2D eigenvalue weighted by molar-refractivity contribution is 0.0696. The predicted octanol–water partition coefficient (Wildman–Crippen LogP) is 5.97. The number of carbonyl (C=O) groups excluding carboxylic acids is 1. The quantitative estimate of drug-likeness (QED) is 0.483. The molecule has 0 aliphatic heterocycles. The summed E-state index contributed by atoms with van der Waals surface area (Å²) in [5, 5.41) is 10.5. The van der Waals surface area contributed by atoms with Crippen LogP contribution in [0.4, 0.5) is 4.39 Å². The van der Waals surface area contributed by atoms with Gasteiger partial charge >= 0.3 is 5.97 Å². The first-order valence-corrected chi connectivity index (χ1v) is 9.98. The molecule has 0 aliphatic carbocycles. The van der Waals surface area contributed by atoms with E-state index in [9.17, 15) is 19.1 Å². The zero-order chi connectivity index (χ0) is 21.3. The summed E-state index contributed by atoms with van der Waals surface area (Å²) in [6, 6.07) is 9.03. The third-order valence-electron chi connectivity index (χ3n) is 5.02. The molecule has 6 heteroatoms. The molecule has 3 rings (SSSR count). The van der Waals surface area contributed by atoms with E-state index in [1.165, 1.54) is 18.2 Å². The highest BCUT2D eigenvalue weighted by molar-refractivity contribution is 6.31. The Morgan fingerprint density at radius 2 is 1.90 bits per heavy atom. The fraction of sp³-hybridized carbons (Fsp3) is 0.304. The molecule has 0 aliphatic rings. The number of ketones is 1. The fourth-order valence-electron chi connectivity index (χ4n) is 3.60. The van der Waals surface area contributed by atoms with Crippen LogP contribution in [0, 0.1) is 11.7 Å². The second-order valence-electron chi connectivity index (χ2n) is 7.45. The Hall–Kier alpha value is -2.66. The molecule has 3 aromatic rings. The molecule has 152 valence electrons. The SMILES string of the molecule is CCCc1c(C(=O)C(C)C)c2ccc(C(=O)O)cc2n1Cc1ccc(F)cc1Cl. The minimum Gasteiger partial charge on any atom is -0.478 e. The Morgan fingerprint density at radius 3 is 2.48 bits per heavy atom. The van der Waals surface area contributed by atoms with E-state index in [-0.39, 0.29) is 17.3 Å². The highest BCUT2D eigenvalue weighted by atomic mass is 35.5. The van der Waals surface area contributed by atoms with E-state index in [1.807, 2.05) is 25.3 Å². The van der Waals surface area contributed by atoms with Crippen molar-refractivity contribution in [2.45, 2.75) is 40.2 Å². The van der Waals surface area contributed by atoms with E-state index in [2.05, 4.69) is 0 Å². The van der Waals surface area contributed by atoms with E-state index >= 15 is 0 Å². The zero-order valence-electron chi connectivity index (χ0n) is 16.6. The number of Topliss-reactive ketones (excluding diaryl/α,β-unsaturated/α-hetero) is 1.